The topological polar surface area (TPSA) is 67.9 Å². The minimum Gasteiger partial charge on any atom is -0.493 e. The minimum absolute atomic E-state index is 0.0665. The van der Waals surface area contributed by atoms with E-state index in [0.717, 1.165) is 43.8 Å². The number of amides is 2. The normalized spacial score (nSPS) is 17.9. The van der Waals surface area contributed by atoms with Crippen molar-refractivity contribution in [3.63, 3.8) is 0 Å². The number of hydrogen-bond donors (Lipinski definition) is 1. The second-order valence-corrected chi connectivity index (χ2v) is 8.95. The zero-order chi connectivity index (χ0) is 22.1. The number of benzene rings is 1. The van der Waals surface area contributed by atoms with Crippen LogP contribution in [-0.2, 0) is 16.0 Å². The first-order valence-corrected chi connectivity index (χ1v) is 11.9. The lowest BCUT2D eigenvalue weighted by Crippen LogP contribution is -2.46. The zero-order valence-corrected chi connectivity index (χ0v) is 19.2. The van der Waals surface area contributed by atoms with E-state index in [1.54, 1.807) is 14.2 Å². The first-order valence-electron chi connectivity index (χ1n) is 11.9. The molecule has 2 fully saturated rings. The average molecular weight is 431 g/mol. The highest BCUT2D eigenvalue weighted by Gasteiger charge is 2.24. The summed E-state index contributed by atoms with van der Waals surface area (Å²) in [5.74, 6) is 2.48. The van der Waals surface area contributed by atoms with Gasteiger partial charge in [0.05, 0.1) is 14.2 Å². The van der Waals surface area contributed by atoms with Gasteiger partial charge in [-0.2, -0.15) is 0 Å². The summed E-state index contributed by atoms with van der Waals surface area (Å²) in [4.78, 5) is 26.9. The van der Waals surface area contributed by atoms with E-state index in [9.17, 15) is 9.59 Å². The average Bonchev–Trinajstić information content (AvgIpc) is 2.82. The zero-order valence-electron chi connectivity index (χ0n) is 19.2. The number of piperidine rings is 1. The maximum absolute atomic E-state index is 12.5. The van der Waals surface area contributed by atoms with Gasteiger partial charge < -0.3 is 19.7 Å². The van der Waals surface area contributed by atoms with Crippen LogP contribution < -0.4 is 14.8 Å². The molecule has 0 unspecified atom stereocenters. The summed E-state index contributed by atoms with van der Waals surface area (Å²) in [6, 6.07) is 5.92. The van der Waals surface area contributed by atoms with Crippen LogP contribution in [0.3, 0.4) is 0 Å². The number of likely N-dealkylation sites (tertiary alicyclic amines) is 1. The molecule has 0 aromatic heterocycles. The van der Waals surface area contributed by atoms with Crippen molar-refractivity contribution in [2.45, 2.75) is 76.7 Å². The minimum atomic E-state index is 0.0665. The molecule has 1 aromatic rings. The molecule has 2 aliphatic rings. The molecule has 0 bridgehead atoms. The van der Waals surface area contributed by atoms with Crippen molar-refractivity contribution < 1.29 is 19.1 Å². The lowest BCUT2D eigenvalue weighted by Gasteiger charge is -2.33. The second-order valence-electron chi connectivity index (χ2n) is 8.95. The van der Waals surface area contributed by atoms with Gasteiger partial charge >= 0.3 is 0 Å². The van der Waals surface area contributed by atoms with Gasteiger partial charge in [-0.3, -0.25) is 9.59 Å². The molecule has 172 valence electrons. The van der Waals surface area contributed by atoms with Crippen molar-refractivity contribution in [1.29, 1.82) is 0 Å². The molecule has 1 aliphatic carbocycles. The molecular formula is C25H38N2O4. The maximum atomic E-state index is 12.5. The molecule has 6 heteroatoms. The first-order chi connectivity index (χ1) is 15.1. The molecule has 0 atom stereocenters. The molecular weight excluding hydrogens is 392 g/mol. The van der Waals surface area contributed by atoms with E-state index < -0.39 is 0 Å². The third-order valence-electron chi connectivity index (χ3n) is 6.79. The van der Waals surface area contributed by atoms with Gasteiger partial charge in [-0.05, 0) is 49.3 Å². The van der Waals surface area contributed by atoms with Crippen molar-refractivity contribution >= 4 is 11.8 Å². The van der Waals surface area contributed by atoms with Gasteiger partial charge in [0.25, 0.3) is 0 Å². The third kappa shape index (κ3) is 7.15. The summed E-state index contributed by atoms with van der Waals surface area (Å²) in [6.07, 6.45) is 11.1. The first kappa shape index (κ1) is 23.4. The lowest BCUT2D eigenvalue weighted by atomic mass is 9.86. The van der Waals surface area contributed by atoms with Crippen molar-refractivity contribution in [3.05, 3.63) is 23.8 Å². The van der Waals surface area contributed by atoms with Gasteiger partial charge in [0.1, 0.15) is 0 Å². The van der Waals surface area contributed by atoms with E-state index in [2.05, 4.69) is 5.32 Å². The predicted octanol–water partition coefficient (Wildman–Crippen LogP) is 4.10. The summed E-state index contributed by atoms with van der Waals surface area (Å²) in [5, 5.41) is 3.15. The largest absolute Gasteiger partial charge is 0.493 e. The number of carbonyl (C=O) groups is 2. The molecule has 31 heavy (non-hydrogen) atoms. The predicted molar refractivity (Wildman–Crippen MR) is 121 cm³/mol. The molecule has 0 radical (unpaired) electrons. The highest BCUT2D eigenvalue weighted by Crippen LogP contribution is 2.29. The number of rotatable bonds is 9. The molecule has 1 heterocycles. The number of nitrogens with zero attached hydrogens (tertiary/aromatic N) is 1. The number of nitrogens with one attached hydrogen (secondary N) is 1. The van der Waals surface area contributed by atoms with E-state index in [1.165, 1.54) is 32.1 Å². The van der Waals surface area contributed by atoms with Crippen LogP contribution >= 0.6 is 0 Å². The van der Waals surface area contributed by atoms with Crippen LogP contribution in [-0.4, -0.2) is 50.1 Å². The van der Waals surface area contributed by atoms with Crippen LogP contribution in [0.15, 0.2) is 18.2 Å². The fraction of sp³-hybridized carbons (Fsp3) is 0.680. The van der Waals surface area contributed by atoms with Gasteiger partial charge in [-0.25, -0.2) is 0 Å². The van der Waals surface area contributed by atoms with E-state index >= 15 is 0 Å². The monoisotopic (exact) mass is 430 g/mol. The molecule has 2 amide bonds. The van der Waals surface area contributed by atoms with Crippen LogP contribution in [0.5, 0.6) is 11.5 Å². The van der Waals surface area contributed by atoms with E-state index in [1.807, 2.05) is 23.1 Å². The van der Waals surface area contributed by atoms with Gasteiger partial charge in [0, 0.05) is 32.0 Å². The Morgan fingerprint density at radius 2 is 1.68 bits per heavy atom. The Kier molecular flexibility index (Phi) is 9.04. The summed E-state index contributed by atoms with van der Waals surface area (Å²) in [7, 11) is 3.22. The number of methoxy groups -OCH3 is 2. The standard InChI is InChI=1S/C25H38N2O4/c1-30-22-11-8-20(18-23(22)31-2)9-12-24(28)26-21-14-16-27(17-15-21)25(29)13-10-19-6-4-3-5-7-19/h8,11,18-19,21H,3-7,9-10,12-17H2,1-2H3,(H,26,28). The fourth-order valence-electron chi connectivity index (χ4n) is 4.83. The van der Waals surface area contributed by atoms with Crippen molar-refractivity contribution in [3.8, 4) is 11.5 Å². The van der Waals surface area contributed by atoms with E-state index in [-0.39, 0.29) is 11.9 Å². The Labute approximate surface area is 186 Å². The number of carbonyl (C=O) groups excluding carboxylic acids is 2. The highest BCUT2D eigenvalue weighted by atomic mass is 16.5. The van der Waals surface area contributed by atoms with Crippen LogP contribution in [0.4, 0.5) is 0 Å². The summed E-state index contributed by atoms with van der Waals surface area (Å²) < 4.78 is 10.6. The SMILES string of the molecule is COc1ccc(CCC(=O)NC2CCN(C(=O)CCC3CCCCC3)CC2)cc1OC. The number of ether oxygens (including phenoxy) is 2. The molecule has 1 aromatic carbocycles. The van der Waals surface area contributed by atoms with E-state index in [4.69, 9.17) is 9.47 Å². The summed E-state index contributed by atoms with van der Waals surface area (Å²) in [6.45, 7) is 1.51. The van der Waals surface area contributed by atoms with Gasteiger partial charge in [-0.15, -0.1) is 0 Å². The van der Waals surface area contributed by atoms with Gasteiger partial charge in [0.15, 0.2) is 11.5 Å². The Morgan fingerprint density at radius 1 is 0.968 bits per heavy atom. The highest BCUT2D eigenvalue weighted by molar-refractivity contribution is 5.77. The van der Waals surface area contributed by atoms with Crippen LogP contribution in [0.25, 0.3) is 0 Å². The molecule has 1 N–H and O–H groups in total. The molecule has 6 nitrogen and oxygen atoms in total. The lowest BCUT2D eigenvalue weighted by molar-refractivity contribution is -0.132. The van der Waals surface area contributed by atoms with Crippen molar-refractivity contribution in [1.82, 2.24) is 10.2 Å². The summed E-state index contributed by atoms with van der Waals surface area (Å²) >= 11 is 0. The molecule has 3 rings (SSSR count). The summed E-state index contributed by atoms with van der Waals surface area (Å²) in [5.41, 5.74) is 1.05. The van der Waals surface area contributed by atoms with Crippen LogP contribution in [0.2, 0.25) is 0 Å². The molecule has 0 spiro atoms. The molecule has 1 aliphatic heterocycles. The Hall–Kier alpha value is -2.24. The van der Waals surface area contributed by atoms with Gasteiger partial charge in [0.2, 0.25) is 11.8 Å². The number of aryl methyl sites for hydroxylation is 1. The fourth-order valence-corrected chi connectivity index (χ4v) is 4.83. The van der Waals surface area contributed by atoms with Crippen molar-refractivity contribution in [2.24, 2.45) is 5.92 Å². The third-order valence-corrected chi connectivity index (χ3v) is 6.79. The quantitative estimate of drug-likeness (QED) is 0.640. The smallest absolute Gasteiger partial charge is 0.222 e. The van der Waals surface area contributed by atoms with E-state index in [0.29, 0.717) is 36.7 Å². The Balaban J connectivity index is 1.34. The molecule has 1 saturated heterocycles. The van der Waals surface area contributed by atoms with Crippen LogP contribution in [0.1, 0.15) is 69.8 Å². The van der Waals surface area contributed by atoms with Gasteiger partial charge in [-0.1, -0.05) is 38.2 Å². The van der Waals surface area contributed by atoms with Crippen LogP contribution in [0, 0.1) is 5.92 Å². The Bertz CT molecular complexity index is 722. The number of hydrogen-bond acceptors (Lipinski definition) is 4. The Morgan fingerprint density at radius 3 is 2.35 bits per heavy atom. The van der Waals surface area contributed by atoms with Crippen molar-refractivity contribution in [2.75, 3.05) is 27.3 Å². The maximum Gasteiger partial charge on any atom is 0.222 e. The second kappa shape index (κ2) is 12.0. The molecule has 1 saturated carbocycles.